The monoisotopic (exact) mass is 309 g/mol. The Morgan fingerprint density at radius 2 is 1.62 bits per heavy atom. The Bertz CT molecular complexity index is 335. The number of hydrogen-bond donors (Lipinski definition) is 0. The number of ether oxygens (including phenoxy) is 2. The average Bonchev–Trinajstić information content (AvgIpc) is 2.91. The van der Waals surface area contributed by atoms with E-state index in [1.54, 1.807) is 4.90 Å². The van der Waals surface area contributed by atoms with E-state index in [0.29, 0.717) is 19.2 Å². The van der Waals surface area contributed by atoms with Gasteiger partial charge in [-0.1, -0.05) is 12.8 Å². The third-order valence-electron chi connectivity index (χ3n) is 3.97. The summed E-state index contributed by atoms with van der Waals surface area (Å²) in [6, 6.07) is 0. The number of nitrogens with zero attached hydrogens (tertiary/aromatic N) is 1. The first-order valence-electron chi connectivity index (χ1n) is 7.52. The molecule has 2 rings (SSSR count). The molecule has 0 N–H and O–H groups in total. The van der Waals surface area contributed by atoms with Crippen molar-refractivity contribution in [3.05, 3.63) is 0 Å². The first kappa shape index (κ1) is 16.5. The lowest BCUT2D eigenvalue weighted by Crippen LogP contribution is -2.43. The molecule has 0 spiro atoms. The normalized spacial score (nSPS) is 22.0. The van der Waals surface area contributed by atoms with Crippen molar-refractivity contribution in [2.75, 3.05) is 26.3 Å². The predicted molar refractivity (Wildman–Crippen MR) is 69.8 cm³/mol. The Kier molecular flexibility index (Phi) is 5.87. The summed E-state index contributed by atoms with van der Waals surface area (Å²) in [6.07, 6.45) is 2.32. The van der Waals surface area contributed by atoms with Gasteiger partial charge < -0.3 is 14.4 Å². The van der Waals surface area contributed by atoms with Gasteiger partial charge in [-0.3, -0.25) is 4.79 Å². The minimum atomic E-state index is -4.39. The fourth-order valence-electron chi connectivity index (χ4n) is 2.88. The first-order valence-corrected chi connectivity index (χ1v) is 7.52. The highest BCUT2D eigenvalue weighted by molar-refractivity contribution is 5.77. The molecule has 0 atom stereocenters. The van der Waals surface area contributed by atoms with E-state index >= 15 is 0 Å². The van der Waals surface area contributed by atoms with Crippen LogP contribution in [0.4, 0.5) is 13.2 Å². The highest BCUT2D eigenvalue weighted by atomic mass is 19.4. The molecule has 0 unspecified atom stereocenters. The number of carbonyl (C=O) groups is 1. The van der Waals surface area contributed by atoms with Gasteiger partial charge >= 0.3 is 6.18 Å². The molecule has 21 heavy (non-hydrogen) atoms. The van der Waals surface area contributed by atoms with Crippen molar-refractivity contribution in [1.82, 2.24) is 4.90 Å². The highest BCUT2D eigenvalue weighted by Crippen LogP contribution is 2.25. The second-order valence-electron chi connectivity index (χ2n) is 5.73. The van der Waals surface area contributed by atoms with Crippen LogP contribution in [-0.4, -0.2) is 55.5 Å². The maximum Gasteiger partial charge on any atom is 0.411 e. The van der Waals surface area contributed by atoms with E-state index in [0.717, 1.165) is 25.7 Å². The Hall–Kier alpha value is -0.820. The van der Waals surface area contributed by atoms with E-state index in [2.05, 4.69) is 4.74 Å². The van der Waals surface area contributed by atoms with Gasteiger partial charge in [0.2, 0.25) is 5.91 Å². The minimum Gasteiger partial charge on any atom is -0.375 e. The van der Waals surface area contributed by atoms with E-state index in [4.69, 9.17) is 4.74 Å². The molecule has 2 aliphatic rings. The van der Waals surface area contributed by atoms with Crippen LogP contribution in [0.2, 0.25) is 0 Å². The van der Waals surface area contributed by atoms with Gasteiger partial charge in [-0.2, -0.15) is 13.2 Å². The summed E-state index contributed by atoms with van der Waals surface area (Å²) < 4.78 is 46.2. The summed E-state index contributed by atoms with van der Waals surface area (Å²) in [4.78, 5) is 13.3. The van der Waals surface area contributed by atoms with E-state index in [1.165, 1.54) is 12.8 Å². The maximum absolute atomic E-state index is 11.9. The Morgan fingerprint density at radius 3 is 2.19 bits per heavy atom. The van der Waals surface area contributed by atoms with Gasteiger partial charge in [-0.25, -0.2) is 0 Å². The van der Waals surface area contributed by atoms with Crippen LogP contribution in [0.5, 0.6) is 0 Å². The molecule has 1 heterocycles. The summed E-state index contributed by atoms with van der Waals surface area (Å²) in [7, 11) is 0. The SMILES string of the molecule is O=C(COCC(F)(F)F)N1CCC(OC2CCCC2)CC1. The van der Waals surface area contributed by atoms with Crippen LogP contribution in [0, 0.1) is 0 Å². The molecule has 0 aromatic carbocycles. The fraction of sp³-hybridized carbons (Fsp3) is 0.929. The van der Waals surface area contributed by atoms with Gasteiger partial charge in [-0.05, 0) is 25.7 Å². The standard InChI is InChI=1S/C14H22F3NO3/c15-14(16,17)10-20-9-13(19)18-7-5-12(6-8-18)21-11-3-1-2-4-11/h11-12H,1-10H2. The smallest absolute Gasteiger partial charge is 0.375 e. The van der Waals surface area contributed by atoms with Crippen LogP contribution in [0.1, 0.15) is 38.5 Å². The van der Waals surface area contributed by atoms with Crippen molar-refractivity contribution in [3.63, 3.8) is 0 Å². The summed E-state index contributed by atoms with van der Waals surface area (Å²) >= 11 is 0. The predicted octanol–water partition coefficient (Wildman–Crippen LogP) is 2.52. The molecule has 0 aromatic heterocycles. The molecule has 0 bridgehead atoms. The van der Waals surface area contributed by atoms with Gasteiger partial charge in [0.25, 0.3) is 0 Å². The molecule has 2 fully saturated rings. The summed E-state index contributed by atoms with van der Waals surface area (Å²) in [6.45, 7) is -0.815. The van der Waals surface area contributed by atoms with Crippen molar-refractivity contribution in [3.8, 4) is 0 Å². The number of likely N-dealkylation sites (tertiary alicyclic amines) is 1. The summed E-state index contributed by atoms with van der Waals surface area (Å²) in [5, 5.41) is 0. The van der Waals surface area contributed by atoms with Crippen molar-refractivity contribution in [2.45, 2.75) is 56.9 Å². The van der Waals surface area contributed by atoms with E-state index in [1.807, 2.05) is 0 Å². The van der Waals surface area contributed by atoms with Crippen molar-refractivity contribution < 1.29 is 27.4 Å². The lowest BCUT2D eigenvalue weighted by atomic mass is 10.1. The van der Waals surface area contributed by atoms with Crippen molar-refractivity contribution in [1.29, 1.82) is 0 Å². The van der Waals surface area contributed by atoms with E-state index in [-0.39, 0.29) is 12.0 Å². The largest absolute Gasteiger partial charge is 0.411 e. The average molecular weight is 309 g/mol. The third kappa shape index (κ3) is 5.82. The van der Waals surface area contributed by atoms with Gasteiger partial charge in [0.15, 0.2) is 0 Å². The molecule has 122 valence electrons. The third-order valence-corrected chi connectivity index (χ3v) is 3.97. The molecule has 0 aromatic rings. The quantitative estimate of drug-likeness (QED) is 0.783. The van der Waals surface area contributed by atoms with Crippen molar-refractivity contribution in [2.24, 2.45) is 0 Å². The van der Waals surface area contributed by atoms with Crippen LogP contribution in [-0.2, 0) is 14.3 Å². The van der Waals surface area contributed by atoms with Gasteiger partial charge in [-0.15, -0.1) is 0 Å². The topological polar surface area (TPSA) is 38.8 Å². The molecule has 1 saturated carbocycles. The maximum atomic E-state index is 11.9. The zero-order valence-electron chi connectivity index (χ0n) is 12.0. The Labute approximate surface area is 122 Å². The van der Waals surface area contributed by atoms with Crippen LogP contribution in [0.3, 0.4) is 0 Å². The summed E-state index contributed by atoms with van der Waals surface area (Å²) in [5.41, 5.74) is 0. The molecule has 1 saturated heterocycles. The number of amides is 1. The number of halogens is 3. The second kappa shape index (κ2) is 7.45. The summed E-state index contributed by atoms with van der Waals surface area (Å²) in [5.74, 6) is -0.376. The van der Waals surface area contributed by atoms with Crippen LogP contribution >= 0.6 is 0 Å². The van der Waals surface area contributed by atoms with Gasteiger partial charge in [0.1, 0.15) is 13.2 Å². The molecule has 1 amide bonds. The molecular formula is C14H22F3NO3. The number of alkyl halides is 3. The number of hydrogen-bond acceptors (Lipinski definition) is 3. The van der Waals surface area contributed by atoms with Crippen LogP contribution < -0.4 is 0 Å². The molecule has 7 heteroatoms. The Balaban J connectivity index is 1.62. The van der Waals surface area contributed by atoms with Crippen molar-refractivity contribution >= 4 is 5.91 Å². The van der Waals surface area contributed by atoms with E-state index < -0.39 is 19.4 Å². The number of rotatable bonds is 5. The highest BCUT2D eigenvalue weighted by Gasteiger charge is 2.29. The van der Waals surface area contributed by atoms with Crippen LogP contribution in [0.25, 0.3) is 0 Å². The lowest BCUT2D eigenvalue weighted by molar-refractivity contribution is -0.178. The van der Waals surface area contributed by atoms with Gasteiger partial charge in [0.05, 0.1) is 12.2 Å². The Morgan fingerprint density at radius 1 is 1.05 bits per heavy atom. The molecule has 4 nitrogen and oxygen atoms in total. The zero-order valence-corrected chi connectivity index (χ0v) is 12.0. The molecule has 0 radical (unpaired) electrons. The minimum absolute atomic E-state index is 0.174. The first-order chi connectivity index (χ1) is 9.94. The zero-order chi connectivity index (χ0) is 15.3. The number of carbonyl (C=O) groups excluding carboxylic acids is 1. The van der Waals surface area contributed by atoms with Crippen LogP contribution in [0.15, 0.2) is 0 Å². The number of piperidine rings is 1. The second-order valence-corrected chi connectivity index (χ2v) is 5.73. The van der Waals surface area contributed by atoms with E-state index in [9.17, 15) is 18.0 Å². The molecular weight excluding hydrogens is 287 g/mol. The molecule has 1 aliphatic heterocycles. The van der Waals surface area contributed by atoms with Gasteiger partial charge in [0, 0.05) is 13.1 Å². The lowest BCUT2D eigenvalue weighted by Gasteiger charge is -2.33. The molecule has 1 aliphatic carbocycles. The fourth-order valence-corrected chi connectivity index (χ4v) is 2.88.